The van der Waals surface area contributed by atoms with Crippen LogP contribution in [0.3, 0.4) is 0 Å². The maximum absolute atomic E-state index is 11.7. The summed E-state index contributed by atoms with van der Waals surface area (Å²) in [4.78, 5) is 11.9. The molecule has 2 aromatic carbocycles. The summed E-state index contributed by atoms with van der Waals surface area (Å²) in [5.41, 5.74) is 1.08. The molecule has 0 aromatic heterocycles. The first-order valence-electron chi connectivity index (χ1n) is 8.30. The minimum absolute atomic E-state index is 0.0325. The fraction of sp³-hybridized carbons (Fsp3) is 0.333. The lowest BCUT2D eigenvalue weighted by Crippen LogP contribution is -3.06. The van der Waals surface area contributed by atoms with Crippen LogP contribution in [-0.4, -0.2) is 47.3 Å². The molecule has 2 rings (SSSR count). The Labute approximate surface area is 158 Å². The molecule has 0 saturated heterocycles. The molecule has 0 unspecified atom stereocenters. The molecule has 0 aliphatic heterocycles. The molecule has 146 valence electrons. The van der Waals surface area contributed by atoms with E-state index in [2.05, 4.69) is 5.32 Å². The van der Waals surface area contributed by atoms with Crippen LogP contribution in [0.25, 0.3) is 0 Å². The molecule has 0 amide bonds. The normalized spacial score (nSPS) is 12.6. The van der Waals surface area contributed by atoms with Crippen LogP contribution in [0.1, 0.15) is 11.6 Å². The van der Waals surface area contributed by atoms with Crippen LogP contribution in [0.4, 0.5) is 11.4 Å². The number of sulfone groups is 1. The molecule has 0 saturated carbocycles. The molecule has 0 aliphatic rings. The third-order valence-corrected chi connectivity index (χ3v) is 5.42. The second-order valence-corrected chi connectivity index (χ2v) is 8.51. The third-order valence-electron chi connectivity index (χ3n) is 4.31. The number of ether oxygens (including phenoxy) is 1. The van der Waals surface area contributed by atoms with Gasteiger partial charge in [0, 0.05) is 17.9 Å². The molecular formula is C18H24N3O5S+. The zero-order valence-electron chi connectivity index (χ0n) is 15.7. The Morgan fingerprint density at radius 3 is 2.30 bits per heavy atom. The van der Waals surface area contributed by atoms with E-state index in [4.69, 9.17) is 4.74 Å². The summed E-state index contributed by atoms with van der Waals surface area (Å²) < 4.78 is 28.5. The zero-order chi connectivity index (χ0) is 20.2. The standard InChI is InChI=1S/C18H23N3O5S/c1-20(2)18(13-5-7-14(26-3)8-6-13)12-19-16-10-9-15(27(4,24)25)11-17(16)21(22)23/h5-11,18-19H,12H2,1-4H3/p+1/t18-/m1/s1. The Morgan fingerprint density at radius 1 is 1.19 bits per heavy atom. The quantitative estimate of drug-likeness (QED) is 0.517. The summed E-state index contributed by atoms with van der Waals surface area (Å²) in [5.74, 6) is 0.756. The van der Waals surface area contributed by atoms with Gasteiger partial charge in [0.1, 0.15) is 17.5 Å². The average molecular weight is 394 g/mol. The van der Waals surface area contributed by atoms with E-state index < -0.39 is 14.8 Å². The summed E-state index contributed by atoms with van der Waals surface area (Å²) in [6.45, 7) is 0.438. The highest BCUT2D eigenvalue weighted by molar-refractivity contribution is 7.90. The van der Waals surface area contributed by atoms with Crippen LogP contribution >= 0.6 is 0 Å². The molecule has 27 heavy (non-hydrogen) atoms. The number of likely N-dealkylation sites (N-methyl/N-ethyl adjacent to an activating group) is 1. The minimum atomic E-state index is -3.52. The predicted octanol–water partition coefficient (Wildman–Crippen LogP) is 1.30. The van der Waals surface area contributed by atoms with Crippen molar-refractivity contribution in [3.8, 4) is 5.75 Å². The maximum atomic E-state index is 11.7. The minimum Gasteiger partial charge on any atom is -0.497 e. The molecule has 0 heterocycles. The molecule has 2 aromatic rings. The van der Waals surface area contributed by atoms with E-state index in [1.165, 1.54) is 12.1 Å². The predicted molar refractivity (Wildman–Crippen MR) is 103 cm³/mol. The number of hydrogen-bond donors (Lipinski definition) is 2. The highest BCUT2D eigenvalue weighted by Gasteiger charge is 2.22. The molecule has 0 aliphatic carbocycles. The Morgan fingerprint density at radius 2 is 1.81 bits per heavy atom. The van der Waals surface area contributed by atoms with Crippen molar-refractivity contribution in [1.82, 2.24) is 0 Å². The number of methoxy groups -OCH3 is 1. The van der Waals surface area contributed by atoms with E-state index in [1.54, 1.807) is 7.11 Å². The highest BCUT2D eigenvalue weighted by Crippen LogP contribution is 2.28. The average Bonchev–Trinajstić information content (AvgIpc) is 2.61. The van der Waals surface area contributed by atoms with Gasteiger partial charge < -0.3 is 15.0 Å². The van der Waals surface area contributed by atoms with Crippen molar-refractivity contribution in [3.63, 3.8) is 0 Å². The van der Waals surface area contributed by atoms with Crippen molar-refractivity contribution in [1.29, 1.82) is 0 Å². The number of benzene rings is 2. The van der Waals surface area contributed by atoms with Crippen molar-refractivity contribution in [2.75, 3.05) is 39.3 Å². The molecule has 9 heteroatoms. The van der Waals surface area contributed by atoms with E-state index in [0.29, 0.717) is 6.54 Å². The number of hydrogen-bond acceptors (Lipinski definition) is 6. The van der Waals surface area contributed by atoms with Crippen LogP contribution < -0.4 is 15.0 Å². The largest absolute Gasteiger partial charge is 0.497 e. The van der Waals surface area contributed by atoms with Crippen molar-refractivity contribution in [3.05, 3.63) is 58.1 Å². The van der Waals surface area contributed by atoms with Gasteiger partial charge in [0.25, 0.3) is 5.69 Å². The van der Waals surface area contributed by atoms with Gasteiger partial charge in [0.05, 0.1) is 37.6 Å². The number of nitrogens with one attached hydrogen (secondary N) is 2. The second kappa shape index (κ2) is 8.36. The van der Waals surface area contributed by atoms with Crippen LogP contribution in [-0.2, 0) is 9.84 Å². The topological polar surface area (TPSA) is 103 Å². The van der Waals surface area contributed by atoms with Gasteiger partial charge in [0.15, 0.2) is 9.84 Å². The van der Waals surface area contributed by atoms with Gasteiger partial charge in [-0.15, -0.1) is 0 Å². The lowest BCUT2D eigenvalue weighted by atomic mass is 10.1. The third kappa shape index (κ3) is 5.18. The molecule has 0 spiro atoms. The Balaban J connectivity index is 2.27. The molecule has 8 nitrogen and oxygen atoms in total. The smallest absolute Gasteiger partial charge is 0.293 e. The second-order valence-electron chi connectivity index (χ2n) is 6.49. The fourth-order valence-electron chi connectivity index (χ4n) is 2.75. The number of anilines is 1. The molecule has 2 N–H and O–H groups in total. The Hall–Kier alpha value is -2.65. The molecule has 0 bridgehead atoms. The summed E-state index contributed by atoms with van der Waals surface area (Å²) in [6, 6.07) is 11.6. The van der Waals surface area contributed by atoms with Crippen LogP contribution in [0.15, 0.2) is 47.4 Å². The van der Waals surface area contributed by atoms with E-state index in [9.17, 15) is 18.5 Å². The number of rotatable bonds is 8. The van der Waals surface area contributed by atoms with Gasteiger partial charge >= 0.3 is 0 Å². The number of nitro groups is 1. The molecule has 0 fully saturated rings. The van der Waals surface area contributed by atoms with E-state index in [0.717, 1.165) is 28.5 Å². The van der Waals surface area contributed by atoms with E-state index in [-0.39, 0.29) is 22.3 Å². The van der Waals surface area contributed by atoms with Crippen molar-refractivity contribution < 1.29 is 23.0 Å². The number of nitro benzene ring substituents is 1. The lowest BCUT2D eigenvalue weighted by Gasteiger charge is -2.23. The Kier molecular flexibility index (Phi) is 6.40. The summed E-state index contributed by atoms with van der Waals surface area (Å²) in [5, 5.41) is 14.5. The van der Waals surface area contributed by atoms with Gasteiger partial charge in [-0.2, -0.15) is 0 Å². The van der Waals surface area contributed by atoms with Crippen molar-refractivity contribution >= 4 is 21.2 Å². The van der Waals surface area contributed by atoms with E-state index in [1.807, 2.05) is 38.4 Å². The summed E-state index contributed by atoms with van der Waals surface area (Å²) >= 11 is 0. The van der Waals surface area contributed by atoms with Gasteiger partial charge in [-0.1, -0.05) is 0 Å². The molecule has 1 atom stereocenters. The molecule has 0 radical (unpaired) electrons. The first kappa shape index (κ1) is 20.7. The van der Waals surface area contributed by atoms with Crippen molar-refractivity contribution in [2.45, 2.75) is 10.9 Å². The van der Waals surface area contributed by atoms with Crippen LogP contribution in [0.2, 0.25) is 0 Å². The first-order valence-corrected chi connectivity index (χ1v) is 10.2. The monoisotopic (exact) mass is 394 g/mol. The van der Waals surface area contributed by atoms with E-state index >= 15 is 0 Å². The number of quaternary nitrogens is 1. The molecular weight excluding hydrogens is 370 g/mol. The number of nitrogens with zero attached hydrogens (tertiary/aromatic N) is 1. The SMILES string of the molecule is COc1ccc([C@@H](CNc2ccc(S(C)(=O)=O)cc2[N+](=O)[O-])[NH+](C)C)cc1. The zero-order valence-corrected chi connectivity index (χ0v) is 16.5. The highest BCUT2D eigenvalue weighted by atomic mass is 32.2. The van der Waals surface area contributed by atoms with Gasteiger partial charge in [0.2, 0.25) is 0 Å². The van der Waals surface area contributed by atoms with Crippen LogP contribution in [0, 0.1) is 10.1 Å². The van der Waals surface area contributed by atoms with Crippen LogP contribution in [0.5, 0.6) is 5.75 Å². The fourth-order valence-corrected chi connectivity index (χ4v) is 3.39. The first-order chi connectivity index (χ1) is 12.6. The summed E-state index contributed by atoms with van der Waals surface area (Å²) in [6.07, 6.45) is 1.02. The van der Waals surface area contributed by atoms with Gasteiger partial charge in [-0.25, -0.2) is 8.42 Å². The summed E-state index contributed by atoms with van der Waals surface area (Å²) in [7, 11) is 2.08. The lowest BCUT2D eigenvalue weighted by molar-refractivity contribution is -0.890. The van der Waals surface area contributed by atoms with Crippen molar-refractivity contribution in [2.24, 2.45) is 0 Å². The maximum Gasteiger partial charge on any atom is 0.293 e. The Bertz CT molecular complexity index is 911. The van der Waals surface area contributed by atoms with Gasteiger partial charge in [-0.05, 0) is 36.4 Å². The van der Waals surface area contributed by atoms with Gasteiger partial charge in [-0.3, -0.25) is 10.1 Å².